The molecule has 2 amide bonds. The number of fused-ring (bicyclic) bond motifs is 1. The Balaban J connectivity index is 1.64. The highest BCUT2D eigenvalue weighted by molar-refractivity contribution is 6.03. The van der Waals surface area contributed by atoms with Crippen molar-refractivity contribution in [1.29, 1.82) is 0 Å². The number of para-hydroxylation sites is 1. The molecule has 3 N–H and O–H groups in total. The minimum Gasteiger partial charge on any atom is -0.490 e. The van der Waals surface area contributed by atoms with Gasteiger partial charge in [-0.2, -0.15) is 13.2 Å². The summed E-state index contributed by atoms with van der Waals surface area (Å²) in [6.07, 6.45) is -1.33. The lowest BCUT2D eigenvalue weighted by Crippen LogP contribution is -2.34. The summed E-state index contributed by atoms with van der Waals surface area (Å²) in [4.78, 5) is 24.5. The highest BCUT2D eigenvalue weighted by Gasteiger charge is 2.30. The summed E-state index contributed by atoms with van der Waals surface area (Å²) in [6, 6.07) is 17.0. The van der Waals surface area contributed by atoms with Crippen LogP contribution < -0.4 is 15.4 Å². The first kappa shape index (κ1) is 27.7. The zero-order chi connectivity index (χ0) is 28.2. The van der Waals surface area contributed by atoms with Crippen molar-refractivity contribution in [2.75, 3.05) is 10.6 Å². The number of allylic oxidation sites excluding steroid dienone is 2. The topological polar surface area (TPSA) is 87.7 Å². The normalized spacial score (nSPS) is 15.7. The van der Waals surface area contributed by atoms with E-state index in [-0.39, 0.29) is 12.5 Å². The minimum absolute atomic E-state index is 0.0614. The Hall–Kier alpha value is -4.37. The number of amides is 2. The Morgan fingerprint density at radius 2 is 1.79 bits per heavy atom. The quantitative estimate of drug-likeness (QED) is 0.256. The molecule has 39 heavy (non-hydrogen) atoms. The average Bonchev–Trinajstić information content (AvgIpc) is 2.88. The fraction of sp³-hybridized carbons (Fsp3) is 0.200. The number of ether oxygens (including phenoxy) is 1. The lowest BCUT2D eigenvalue weighted by atomic mass is 9.95. The highest BCUT2D eigenvalue weighted by Crippen LogP contribution is 2.35. The van der Waals surface area contributed by atoms with Crippen LogP contribution in [0.15, 0.2) is 85.0 Å². The third-order valence-corrected chi connectivity index (χ3v) is 5.97. The van der Waals surface area contributed by atoms with Gasteiger partial charge in [-0.1, -0.05) is 48.6 Å². The van der Waals surface area contributed by atoms with Crippen LogP contribution in [0.3, 0.4) is 0 Å². The predicted molar refractivity (Wildman–Crippen MR) is 143 cm³/mol. The van der Waals surface area contributed by atoms with E-state index in [1.165, 1.54) is 24.3 Å². The maximum absolute atomic E-state index is 13.1. The van der Waals surface area contributed by atoms with Gasteiger partial charge in [0.1, 0.15) is 11.9 Å². The molecule has 3 aromatic carbocycles. The number of hydrogen-bond acceptors (Lipinski definition) is 4. The number of aliphatic hydroxyl groups is 1. The average molecular weight is 537 g/mol. The summed E-state index contributed by atoms with van der Waals surface area (Å²) in [5.41, 5.74) is 2.52. The summed E-state index contributed by atoms with van der Waals surface area (Å²) in [5.74, 6) is -0.425. The first-order valence-corrected chi connectivity index (χ1v) is 12.3. The second-order valence-electron chi connectivity index (χ2n) is 9.21. The van der Waals surface area contributed by atoms with Crippen LogP contribution in [0.4, 0.5) is 24.5 Å². The van der Waals surface area contributed by atoms with E-state index in [9.17, 15) is 27.9 Å². The SMILES string of the molecule is CC(C)Oc1ccccc1C(=CC=CC(=O)Nc1cccc2c1CC(O)C(=O)N2)c1ccc(C(F)(F)F)cc1. The molecule has 1 aliphatic heterocycles. The third kappa shape index (κ3) is 6.74. The van der Waals surface area contributed by atoms with E-state index in [0.717, 1.165) is 12.1 Å². The summed E-state index contributed by atoms with van der Waals surface area (Å²) >= 11 is 0. The molecule has 4 rings (SSSR count). The summed E-state index contributed by atoms with van der Waals surface area (Å²) in [7, 11) is 0. The second-order valence-corrected chi connectivity index (χ2v) is 9.21. The van der Waals surface area contributed by atoms with Crippen molar-refractivity contribution in [3.8, 4) is 5.75 Å². The maximum Gasteiger partial charge on any atom is 0.416 e. The van der Waals surface area contributed by atoms with Gasteiger partial charge in [-0.25, -0.2) is 0 Å². The van der Waals surface area contributed by atoms with Gasteiger partial charge in [-0.05, 0) is 55.3 Å². The van der Waals surface area contributed by atoms with Gasteiger partial charge in [-0.3, -0.25) is 9.59 Å². The standard InChI is InChI=1S/C30H27F3N2O4/c1-18(2)39-27-11-4-3-7-22(27)21(19-13-15-20(16-14-19)30(31,32)33)8-5-12-28(37)34-24-9-6-10-25-23(24)17-26(36)29(38)35-25/h3-16,18,26,36H,17H2,1-2H3,(H,34,37)(H,35,38). The molecule has 3 aromatic rings. The number of carbonyl (C=O) groups is 2. The van der Waals surface area contributed by atoms with Crippen molar-refractivity contribution in [1.82, 2.24) is 0 Å². The number of anilines is 2. The number of halogens is 3. The molecule has 0 fully saturated rings. The maximum atomic E-state index is 13.1. The van der Waals surface area contributed by atoms with E-state index in [1.54, 1.807) is 48.5 Å². The Kier molecular flexibility index (Phi) is 8.21. The van der Waals surface area contributed by atoms with Crippen LogP contribution in [0.1, 0.15) is 36.1 Å². The first-order chi connectivity index (χ1) is 18.5. The van der Waals surface area contributed by atoms with E-state index >= 15 is 0 Å². The Morgan fingerprint density at radius 1 is 1.08 bits per heavy atom. The Labute approximate surface area is 223 Å². The van der Waals surface area contributed by atoms with Crippen molar-refractivity contribution in [2.45, 2.75) is 38.7 Å². The summed E-state index contributed by atoms with van der Waals surface area (Å²) < 4.78 is 45.4. The molecule has 1 atom stereocenters. The molecule has 1 unspecified atom stereocenters. The van der Waals surface area contributed by atoms with E-state index in [2.05, 4.69) is 10.6 Å². The second kappa shape index (κ2) is 11.6. The van der Waals surface area contributed by atoms with Gasteiger partial charge in [0.2, 0.25) is 5.91 Å². The van der Waals surface area contributed by atoms with Crippen LogP contribution in [0.2, 0.25) is 0 Å². The van der Waals surface area contributed by atoms with E-state index in [1.807, 2.05) is 13.8 Å². The van der Waals surface area contributed by atoms with Gasteiger partial charge in [0.15, 0.2) is 0 Å². The van der Waals surface area contributed by atoms with Crippen LogP contribution in [0.25, 0.3) is 5.57 Å². The highest BCUT2D eigenvalue weighted by atomic mass is 19.4. The van der Waals surface area contributed by atoms with Crippen molar-refractivity contribution >= 4 is 28.8 Å². The number of carbonyl (C=O) groups excluding carboxylic acids is 2. The molecule has 0 spiro atoms. The number of hydrogen-bond donors (Lipinski definition) is 3. The first-order valence-electron chi connectivity index (χ1n) is 12.3. The zero-order valence-electron chi connectivity index (χ0n) is 21.3. The van der Waals surface area contributed by atoms with Gasteiger partial charge in [0, 0.05) is 35.0 Å². The molecule has 0 aliphatic carbocycles. The molecule has 0 aromatic heterocycles. The van der Waals surface area contributed by atoms with Crippen molar-refractivity contribution in [3.63, 3.8) is 0 Å². The minimum atomic E-state index is -4.46. The largest absolute Gasteiger partial charge is 0.490 e. The van der Waals surface area contributed by atoms with Crippen molar-refractivity contribution in [2.24, 2.45) is 0 Å². The van der Waals surface area contributed by atoms with Crippen LogP contribution >= 0.6 is 0 Å². The number of rotatable bonds is 7. The van der Waals surface area contributed by atoms with Crippen LogP contribution in [-0.4, -0.2) is 29.1 Å². The van der Waals surface area contributed by atoms with Gasteiger partial charge in [-0.15, -0.1) is 0 Å². The van der Waals surface area contributed by atoms with E-state index in [0.29, 0.717) is 39.4 Å². The van der Waals surface area contributed by atoms with Gasteiger partial charge in [0.05, 0.1) is 11.7 Å². The molecule has 0 radical (unpaired) electrons. The van der Waals surface area contributed by atoms with Crippen LogP contribution in [0, 0.1) is 0 Å². The number of aliphatic hydroxyl groups excluding tert-OH is 1. The number of benzene rings is 3. The fourth-order valence-electron chi connectivity index (χ4n) is 4.18. The van der Waals surface area contributed by atoms with Gasteiger partial charge in [0.25, 0.3) is 5.91 Å². The lowest BCUT2D eigenvalue weighted by Gasteiger charge is -2.23. The third-order valence-electron chi connectivity index (χ3n) is 5.97. The molecule has 0 saturated heterocycles. The lowest BCUT2D eigenvalue weighted by molar-refractivity contribution is -0.137. The molecule has 202 valence electrons. The molecule has 0 saturated carbocycles. The molecule has 9 heteroatoms. The van der Waals surface area contributed by atoms with E-state index in [4.69, 9.17) is 4.74 Å². The smallest absolute Gasteiger partial charge is 0.416 e. The molecule has 0 bridgehead atoms. The molecule has 1 aliphatic rings. The summed E-state index contributed by atoms with van der Waals surface area (Å²) in [5, 5.41) is 15.3. The monoisotopic (exact) mass is 536 g/mol. The predicted octanol–water partition coefficient (Wildman–Crippen LogP) is 5.97. The zero-order valence-corrected chi connectivity index (χ0v) is 21.3. The summed E-state index contributed by atoms with van der Waals surface area (Å²) in [6.45, 7) is 3.74. The van der Waals surface area contributed by atoms with Gasteiger partial charge < -0.3 is 20.5 Å². The number of alkyl halides is 3. The van der Waals surface area contributed by atoms with Crippen LogP contribution in [-0.2, 0) is 22.2 Å². The van der Waals surface area contributed by atoms with Crippen molar-refractivity contribution < 1.29 is 32.6 Å². The van der Waals surface area contributed by atoms with Crippen LogP contribution in [0.5, 0.6) is 5.75 Å². The van der Waals surface area contributed by atoms with Gasteiger partial charge >= 0.3 is 6.18 Å². The molecular weight excluding hydrogens is 509 g/mol. The molecule has 6 nitrogen and oxygen atoms in total. The molecular formula is C30H27F3N2O4. The Bertz CT molecular complexity index is 1430. The Morgan fingerprint density at radius 3 is 2.49 bits per heavy atom. The molecule has 1 heterocycles. The van der Waals surface area contributed by atoms with E-state index < -0.39 is 29.7 Å². The number of nitrogens with one attached hydrogen (secondary N) is 2. The fourth-order valence-corrected chi connectivity index (χ4v) is 4.18. The van der Waals surface area contributed by atoms with Crippen molar-refractivity contribution in [3.05, 3.63) is 107 Å².